The zero-order chi connectivity index (χ0) is 17.4. The lowest BCUT2D eigenvalue weighted by Gasteiger charge is -2.04. The van der Waals surface area contributed by atoms with Gasteiger partial charge in [-0.1, -0.05) is 15.9 Å². The molecule has 0 N–H and O–H groups in total. The third-order valence-corrected chi connectivity index (χ3v) is 4.26. The summed E-state index contributed by atoms with van der Waals surface area (Å²) in [5.41, 5.74) is 2.98. The average molecular weight is 397 g/mol. The van der Waals surface area contributed by atoms with Crippen LogP contribution >= 0.6 is 15.9 Å². The van der Waals surface area contributed by atoms with Gasteiger partial charge in [0.05, 0.1) is 5.69 Å². The van der Waals surface area contributed by atoms with Crippen LogP contribution in [0, 0.1) is 6.92 Å². The summed E-state index contributed by atoms with van der Waals surface area (Å²) < 4.78 is 2.50. The Hall–Kier alpha value is -2.87. The Bertz CT molecular complexity index is 1120. The van der Waals surface area contributed by atoms with Crippen molar-refractivity contribution in [3.05, 3.63) is 74.7 Å². The van der Waals surface area contributed by atoms with Crippen molar-refractivity contribution in [3.63, 3.8) is 0 Å². The van der Waals surface area contributed by atoms with Gasteiger partial charge in [-0.05, 0) is 54.1 Å². The fourth-order valence-corrected chi connectivity index (χ4v) is 2.77. The number of benzene rings is 1. The van der Waals surface area contributed by atoms with Crippen LogP contribution in [0.1, 0.15) is 11.3 Å². The third kappa shape index (κ3) is 3.20. The number of hydrogen-bond donors (Lipinski definition) is 0. The van der Waals surface area contributed by atoms with E-state index < -0.39 is 0 Å². The molecule has 0 atom stereocenters. The van der Waals surface area contributed by atoms with Gasteiger partial charge >= 0.3 is 0 Å². The largest absolute Gasteiger partial charge is 0.269 e. The van der Waals surface area contributed by atoms with Crippen LogP contribution in [0.25, 0.3) is 17.0 Å². The summed E-state index contributed by atoms with van der Waals surface area (Å²) in [5, 5.41) is 12.5. The summed E-state index contributed by atoms with van der Waals surface area (Å²) in [5.74, 6) is 0.529. The van der Waals surface area contributed by atoms with Crippen LogP contribution in [0.5, 0.6) is 0 Å². The number of aryl methyl sites for hydroxylation is 1. The highest BCUT2D eigenvalue weighted by Crippen LogP contribution is 2.17. The SMILES string of the molecule is Cc1ccn2c(=O)cc(Cn3nnc(-c4ccc(Br)cc4)n3)nc2c1. The summed E-state index contributed by atoms with van der Waals surface area (Å²) in [6.45, 7) is 2.24. The topological polar surface area (TPSA) is 78.0 Å². The molecule has 7 nitrogen and oxygen atoms in total. The first-order valence-electron chi connectivity index (χ1n) is 7.61. The second-order valence-electron chi connectivity index (χ2n) is 5.67. The van der Waals surface area contributed by atoms with Crippen molar-refractivity contribution in [3.8, 4) is 11.4 Å². The minimum absolute atomic E-state index is 0.131. The second kappa shape index (κ2) is 6.21. The normalized spacial score (nSPS) is 11.1. The molecule has 0 saturated carbocycles. The van der Waals surface area contributed by atoms with E-state index in [1.165, 1.54) is 15.3 Å². The van der Waals surface area contributed by atoms with Crippen LogP contribution in [-0.2, 0) is 6.54 Å². The summed E-state index contributed by atoms with van der Waals surface area (Å²) in [6, 6.07) is 12.9. The van der Waals surface area contributed by atoms with Gasteiger partial charge in [-0.25, -0.2) is 4.98 Å². The van der Waals surface area contributed by atoms with E-state index in [0.717, 1.165) is 15.6 Å². The molecule has 0 radical (unpaired) electrons. The molecule has 0 spiro atoms. The van der Waals surface area contributed by atoms with Gasteiger partial charge in [-0.2, -0.15) is 4.80 Å². The monoisotopic (exact) mass is 396 g/mol. The number of pyridine rings is 1. The lowest BCUT2D eigenvalue weighted by Crippen LogP contribution is -2.17. The first kappa shape index (κ1) is 15.6. The first-order valence-corrected chi connectivity index (χ1v) is 8.40. The van der Waals surface area contributed by atoms with Gasteiger partial charge < -0.3 is 0 Å². The molecule has 4 aromatic rings. The summed E-state index contributed by atoms with van der Waals surface area (Å²) in [4.78, 5) is 18.2. The standard InChI is InChI=1S/C17H13BrN6O/c1-11-6-7-23-15(8-11)19-14(9-16(23)25)10-24-21-17(20-22-24)12-2-4-13(18)5-3-12/h2-9H,10H2,1H3. The highest BCUT2D eigenvalue weighted by Gasteiger charge is 2.08. The maximum atomic E-state index is 12.2. The Morgan fingerprint density at radius 3 is 2.72 bits per heavy atom. The molecule has 0 aliphatic carbocycles. The Kier molecular flexibility index (Phi) is 3.89. The summed E-state index contributed by atoms with van der Waals surface area (Å²) >= 11 is 3.40. The van der Waals surface area contributed by atoms with Crippen LogP contribution in [0.15, 0.2) is 57.9 Å². The molecule has 0 fully saturated rings. The Morgan fingerprint density at radius 2 is 1.92 bits per heavy atom. The van der Waals surface area contributed by atoms with Crippen LogP contribution in [0.3, 0.4) is 0 Å². The molecule has 124 valence electrons. The number of aromatic nitrogens is 6. The van der Waals surface area contributed by atoms with E-state index >= 15 is 0 Å². The maximum Gasteiger partial charge on any atom is 0.258 e. The Labute approximate surface area is 151 Å². The molecule has 0 amide bonds. The zero-order valence-corrected chi connectivity index (χ0v) is 14.9. The number of rotatable bonds is 3. The van der Waals surface area contributed by atoms with E-state index in [0.29, 0.717) is 17.2 Å². The highest BCUT2D eigenvalue weighted by atomic mass is 79.9. The van der Waals surface area contributed by atoms with Crippen LogP contribution in [0.2, 0.25) is 0 Å². The maximum absolute atomic E-state index is 12.2. The first-order chi connectivity index (χ1) is 12.1. The smallest absolute Gasteiger partial charge is 0.258 e. The Morgan fingerprint density at radius 1 is 1.12 bits per heavy atom. The van der Waals surface area contributed by atoms with Crippen molar-refractivity contribution in [2.45, 2.75) is 13.5 Å². The molecule has 3 aromatic heterocycles. The molecule has 4 rings (SSSR count). The lowest BCUT2D eigenvalue weighted by atomic mass is 10.2. The van der Waals surface area contributed by atoms with Crippen LogP contribution < -0.4 is 5.56 Å². The summed E-state index contributed by atoms with van der Waals surface area (Å²) in [6.07, 6.45) is 1.73. The molecule has 3 heterocycles. The van der Waals surface area contributed by atoms with Crippen molar-refractivity contribution < 1.29 is 0 Å². The minimum atomic E-state index is -0.131. The van der Waals surface area contributed by atoms with Crippen molar-refractivity contribution in [2.24, 2.45) is 0 Å². The van der Waals surface area contributed by atoms with Gasteiger partial charge in [-0.15, -0.1) is 10.2 Å². The van der Waals surface area contributed by atoms with Crippen LogP contribution in [-0.4, -0.2) is 29.6 Å². The Balaban J connectivity index is 1.65. The van der Waals surface area contributed by atoms with Gasteiger partial charge in [-0.3, -0.25) is 9.20 Å². The quantitative estimate of drug-likeness (QED) is 0.531. The molecule has 0 unspecified atom stereocenters. The predicted molar refractivity (Wildman–Crippen MR) is 96.3 cm³/mol. The molecular weight excluding hydrogens is 384 g/mol. The van der Waals surface area contributed by atoms with Crippen molar-refractivity contribution in [1.82, 2.24) is 29.6 Å². The fraction of sp³-hybridized carbons (Fsp3) is 0.118. The van der Waals surface area contributed by atoms with Gasteiger partial charge in [0, 0.05) is 22.3 Å². The molecule has 0 saturated heterocycles. The van der Waals surface area contributed by atoms with E-state index in [4.69, 9.17) is 0 Å². The van der Waals surface area contributed by atoms with E-state index in [1.54, 1.807) is 6.20 Å². The fourth-order valence-electron chi connectivity index (χ4n) is 2.50. The van der Waals surface area contributed by atoms with E-state index in [2.05, 4.69) is 36.3 Å². The molecule has 0 aliphatic rings. The van der Waals surface area contributed by atoms with E-state index in [9.17, 15) is 4.79 Å². The van der Waals surface area contributed by atoms with Gasteiger partial charge in [0.25, 0.3) is 5.56 Å². The van der Waals surface area contributed by atoms with Crippen molar-refractivity contribution in [2.75, 3.05) is 0 Å². The number of hydrogen-bond acceptors (Lipinski definition) is 5. The van der Waals surface area contributed by atoms with Crippen molar-refractivity contribution in [1.29, 1.82) is 0 Å². The summed E-state index contributed by atoms with van der Waals surface area (Å²) in [7, 11) is 0. The van der Waals surface area contributed by atoms with Gasteiger partial charge in [0.1, 0.15) is 12.2 Å². The number of nitrogens with zero attached hydrogens (tertiary/aromatic N) is 6. The molecule has 0 aliphatic heterocycles. The van der Waals surface area contributed by atoms with E-state index in [1.807, 2.05) is 43.3 Å². The van der Waals surface area contributed by atoms with Gasteiger partial charge in [0.2, 0.25) is 5.82 Å². The number of tetrazole rings is 1. The number of halogens is 1. The van der Waals surface area contributed by atoms with Crippen LogP contribution in [0.4, 0.5) is 0 Å². The molecular formula is C17H13BrN6O. The van der Waals surface area contributed by atoms with Crippen molar-refractivity contribution >= 4 is 21.6 Å². The molecule has 8 heteroatoms. The molecule has 1 aromatic carbocycles. The predicted octanol–water partition coefficient (Wildman–Crippen LogP) is 2.47. The minimum Gasteiger partial charge on any atom is -0.269 e. The molecule has 0 bridgehead atoms. The lowest BCUT2D eigenvalue weighted by molar-refractivity contribution is 0.564. The average Bonchev–Trinajstić information content (AvgIpc) is 3.03. The van der Waals surface area contributed by atoms with Gasteiger partial charge in [0.15, 0.2) is 0 Å². The third-order valence-electron chi connectivity index (χ3n) is 3.73. The second-order valence-corrected chi connectivity index (χ2v) is 6.58. The number of fused-ring (bicyclic) bond motifs is 1. The highest BCUT2D eigenvalue weighted by molar-refractivity contribution is 9.10. The zero-order valence-electron chi connectivity index (χ0n) is 13.3. The molecule has 25 heavy (non-hydrogen) atoms. The van der Waals surface area contributed by atoms with E-state index in [-0.39, 0.29) is 12.1 Å².